The first-order valence-electron chi connectivity index (χ1n) is 6.46. The van der Waals surface area contributed by atoms with Gasteiger partial charge in [0.25, 0.3) is 5.91 Å². The van der Waals surface area contributed by atoms with E-state index in [2.05, 4.69) is 22.8 Å². The van der Waals surface area contributed by atoms with Gasteiger partial charge in [0.1, 0.15) is 0 Å². The fourth-order valence-corrected chi connectivity index (χ4v) is 2.44. The van der Waals surface area contributed by atoms with E-state index in [1.807, 2.05) is 6.07 Å². The molecule has 2 aliphatic rings. The van der Waals surface area contributed by atoms with E-state index in [0.29, 0.717) is 6.04 Å². The van der Waals surface area contributed by atoms with Gasteiger partial charge in [-0.05, 0) is 55.5 Å². The molecule has 0 unspecified atom stereocenters. The molecule has 0 bridgehead atoms. The topological polar surface area (TPSA) is 41.1 Å². The normalized spacial score (nSPS) is 19.3. The standard InChI is InChI=1S/C14H18N2O/c17-14(16-13-2-1-3-13)11-4-5-12-9-15-7-6-10(12)8-11/h4-5,8,13,15H,1-3,6-7,9H2,(H,16,17). The molecule has 90 valence electrons. The van der Waals surface area contributed by atoms with Crippen LogP contribution in [0.1, 0.15) is 40.7 Å². The molecule has 1 amide bonds. The molecule has 3 heteroatoms. The third-order valence-corrected chi connectivity index (χ3v) is 3.80. The first-order valence-corrected chi connectivity index (χ1v) is 6.46. The lowest BCUT2D eigenvalue weighted by molar-refractivity contribution is 0.0917. The van der Waals surface area contributed by atoms with Gasteiger partial charge >= 0.3 is 0 Å². The lowest BCUT2D eigenvalue weighted by Crippen LogP contribution is -2.39. The van der Waals surface area contributed by atoms with Crippen LogP contribution < -0.4 is 10.6 Å². The number of fused-ring (bicyclic) bond motifs is 1. The van der Waals surface area contributed by atoms with Gasteiger partial charge in [0.15, 0.2) is 0 Å². The monoisotopic (exact) mass is 230 g/mol. The number of hydrogen-bond donors (Lipinski definition) is 2. The number of carbonyl (C=O) groups is 1. The van der Waals surface area contributed by atoms with Crippen LogP contribution in [-0.2, 0) is 13.0 Å². The van der Waals surface area contributed by atoms with Crippen LogP contribution in [-0.4, -0.2) is 18.5 Å². The van der Waals surface area contributed by atoms with Crippen LogP contribution in [0.5, 0.6) is 0 Å². The van der Waals surface area contributed by atoms with Crippen molar-refractivity contribution >= 4 is 5.91 Å². The zero-order valence-corrected chi connectivity index (χ0v) is 9.96. The lowest BCUT2D eigenvalue weighted by atomic mass is 9.92. The van der Waals surface area contributed by atoms with Crippen LogP contribution in [0.3, 0.4) is 0 Å². The van der Waals surface area contributed by atoms with Crippen molar-refractivity contribution in [3.63, 3.8) is 0 Å². The van der Waals surface area contributed by atoms with Crippen LogP contribution in [0.2, 0.25) is 0 Å². The molecule has 3 nitrogen and oxygen atoms in total. The van der Waals surface area contributed by atoms with E-state index < -0.39 is 0 Å². The summed E-state index contributed by atoms with van der Waals surface area (Å²) in [5, 5.41) is 6.42. The summed E-state index contributed by atoms with van der Waals surface area (Å²) in [4.78, 5) is 12.0. The summed E-state index contributed by atoms with van der Waals surface area (Å²) in [6, 6.07) is 6.50. The summed E-state index contributed by atoms with van der Waals surface area (Å²) in [7, 11) is 0. The minimum absolute atomic E-state index is 0.0935. The predicted molar refractivity (Wildman–Crippen MR) is 67.0 cm³/mol. The molecule has 0 atom stereocenters. The maximum absolute atomic E-state index is 12.0. The van der Waals surface area contributed by atoms with E-state index in [1.54, 1.807) is 0 Å². The molecule has 1 fully saturated rings. The third kappa shape index (κ3) is 2.20. The zero-order chi connectivity index (χ0) is 11.7. The Hall–Kier alpha value is -1.35. The van der Waals surface area contributed by atoms with Gasteiger partial charge in [0.2, 0.25) is 0 Å². The SMILES string of the molecule is O=C(NC1CCC1)c1ccc2c(c1)CCNC2. The van der Waals surface area contributed by atoms with Gasteiger partial charge in [-0.3, -0.25) is 4.79 Å². The van der Waals surface area contributed by atoms with Crippen molar-refractivity contribution in [2.24, 2.45) is 0 Å². The first-order chi connectivity index (χ1) is 8.33. The molecule has 1 saturated carbocycles. The van der Waals surface area contributed by atoms with E-state index >= 15 is 0 Å². The van der Waals surface area contributed by atoms with Gasteiger partial charge in [-0.2, -0.15) is 0 Å². The van der Waals surface area contributed by atoms with Crippen molar-refractivity contribution in [1.29, 1.82) is 0 Å². The Labute approximate surface area is 102 Å². The Kier molecular flexibility index (Phi) is 2.85. The fraction of sp³-hybridized carbons (Fsp3) is 0.500. The minimum atomic E-state index is 0.0935. The Balaban J connectivity index is 1.75. The molecular weight excluding hydrogens is 212 g/mol. The molecule has 0 radical (unpaired) electrons. The third-order valence-electron chi connectivity index (χ3n) is 3.80. The second-order valence-corrected chi connectivity index (χ2v) is 5.01. The van der Waals surface area contributed by atoms with Crippen LogP contribution in [0, 0.1) is 0 Å². The van der Waals surface area contributed by atoms with E-state index in [4.69, 9.17) is 0 Å². The number of carbonyl (C=O) groups excluding carboxylic acids is 1. The summed E-state index contributed by atoms with van der Waals surface area (Å²) < 4.78 is 0. The van der Waals surface area contributed by atoms with Crippen molar-refractivity contribution in [2.75, 3.05) is 6.54 Å². The molecule has 0 saturated heterocycles. The first kappa shape index (κ1) is 10.8. The molecule has 2 N–H and O–H groups in total. The second kappa shape index (κ2) is 4.49. The molecule has 0 spiro atoms. The molecule has 1 aromatic carbocycles. The van der Waals surface area contributed by atoms with Gasteiger partial charge in [0.05, 0.1) is 0 Å². The minimum Gasteiger partial charge on any atom is -0.349 e. The number of amides is 1. The second-order valence-electron chi connectivity index (χ2n) is 5.01. The summed E-state index contributed by atoms with van der Waals surface area (Å²) in [6.07, 6.45) is 4.56. The Morgan fingerprint density at radius 1 is 1.29 bits per heavy atom. The number of nitrogens with one attached hydrogen (secondary N) is 2. The highest BCUT2D eigenvalue weighted by Crippen LogP contribution is 2.20. The van der Waals surface area contributed by atoms with Crippen molar-refractivity contribution in [1.82, 2.24) is 10.6 Å². The van der Waals surface area contributed by atoms with Crippen LogP contribution in [0.15, 0.2) is 18.2 Å². The van der Waals surface area contributed by atoms with Crippen molar-refractivity contribution in [3.05, 3.63) is 34.9 Å². The lowest BCUT2D eigenvalue weighted by Gasteiger charge is -2.26. The summed E-state index contributed by atoms with van der Waals surface area (Å²) in [5.41, 5.74) is 3.47. The van der Waals surface area contributed by atoms with Crippen LogP contribution >= 0.6 is 0 Å². The highest BCUT2D eigenvalue weighted by atomic mass is 16.1. The predicted octanol–water partition coefficient (Wildman–Crippen LogP) is 1.61. The largest absolute Gasteiger partial charge is 0.349 e. The average molecular weight is 230 g/mol. The van der Waals surface area contributed by atoms with Crippen LogP contribution in [0.25, 0.3) is 0 Å². The highest BCUT2D eigenvalue weighted by molar-refractivity contribution is 5.94. The van der Waals surface area contributed by atoms with Crippen LogP contribution in [0.4, 0.5) is 0 Å². The van der Waals surface area contributed by atoms with Gasteiger partial charge < -0.3 is 10.6 Å². The van der Waals surface area contributed by atoms with Gasteiger partial charge in [-0.25, -0.2) is 0 Å². The van der Waals surface area contributed by atoms with Crippen molar-refractivity contribution < 1.29 is 4.79 Å². The summed E-state index contributed by atoms with van der Waals surface area (Å²) in [6.45, 7) is 1.94. The molecule has 1 heterocycles. The molecule has 1 aliphatic carbocycles. The van der Waals surface area contributed by atoms with Gasteiger partial charge in [-0.15, -0.1) is 0 Å². The van der Waals surface area contributed by atoms with E-state index in [1.165, 1.54) is 17.5 Å². The average Bonchev–Trinajstić information content (AvgIpc) is 2.33. The Bertz CT molecular complexity index is 438. The highest BCUT2D eigenvalue weighted by Gasteiger charge is 2.20. The number of hydrogen-bond acceptors (Lipinski definition) is 2. The molecular formula is C14H18N2O. The smallest absolute Gasteiger partial charge is 0.251 e. The summed E-state index contributed by atoms with van der Waals surface area (Å²) >= 11 is 0. The van der Waals surface area contributed by atoms with Gasteiger partial charge in [0, 0.05) is 18.2 Å². The van der Waals surface area contributed by atoms with Gasteiger partial charge in [-0.1, -0.05) is 6.07 Å². The summed E-state index contributed by atoms with van der Waals surface area (Å²) in [5.74, 6) is 0.0935. The van der Waals surface area contributed by atoms with E-state index in [9.17, 15) is 4.79 Å². The molecule has 0 aromatic heterocycles. The molecule has 17 heavy (non-hydrogen) atoms. The van der Waals surface area contributed by atoms with Crippen molar-refractivity contribution in [2.45, 2.75) is 38.3 Å². The van der Waals surface area contributed by atoms with E-state index in [0.717, 1.165) is 37.9 Å². The zero-order valence-electron chi connectivity index (χ0n) is 9.96. The molecule has 1 aliphatic heterocycles. The number of rotatable bonds is 2. The maximum atomic E-state index is 12.0. The van der Waals surface area contributed by atoms with Crippen molar-refractivity contribution in [3.8, 4) is 0 Å². The number of benzene rings is 1. The fourth-order valence-electron chi connectivity index (χ4n) is 2.44. The maximum Gasteiger partial charge on any atom is 0.251 e. The molecule has 1 aromatic rings. The Morgan fingerprint density at radius 2 is 2.18 bits per heavy atom. The Morgan fingerprint density at radius 3 is 2.94 bits per heavy atom. The molecule has 3 rings (SSSR count). The quantitative estimate of drug-likeness (QED) is 0.810. The van der Waals surface area contributed by atoms with E-state index in [-0.39, 0.29) is 5.91 Å².